The highest BCUT2D eigenvalue weighted by molar-refractivity contribution is 6.32. The van der Waals surface area contributed by atoms with Gasteiger partial charge in [0.05, 0.1) is 11.2 Å². The molecule has 1 fully saturated rings. The fourth-order valence-corrected chi connectivity index (χ4v) is 2.35. The van der Waals surface area contributed by atoms with Gasteiger partial charge in [-0.3, -0.25) is 4.79 Å². The van der Waals surface area contributed by atoms with Crippen LogP contribution in [0.15, 0.2) is 18.3 Å². The Kier molecular flexibility index (Phi) is 3.64. The fourth-order valence-electron chi connectivity index (χ4n) is 2.18. The van der Waals surface area contributed by atoms with Crippen LogP contribution >= 0.6 is 11.6 Å². The second kappa shape index (κ2) is 5.02. The molecule has 1 aromatic heterocycles. The molecule has 0 radical (unpaired) electrons. The van der Waals surface area contributed by atoms with Gasteiger partial charge in [-0.1, -0.05) is 18.5 Å². The lowest BCUT2D eigenvalue weighted by Gasteiger charge is -2.26. The summed E-state index contributed by atoms with van der Waals surface area (Å²) in [7, 11) is 0. The first kappa shape index (κ1) is 12.3. The van der Waals surface area contributed by atoms with Crippen molar-refractivity contribution in [2.45, 2.75) is 31.7 Å². The Morgan fingerprint density at radius 2 is 2.53 bits per heavy atom. The van der Waals surface area contributed by atoms with E-state index in [9.17, 15) is 4.79 Å². The number of pyridine rings is 1. The van der Waals surface area contributed by atoms with Gasteiger partial charge in [-0.05, 0) is 37.9 Å². The largest absolute Gasteiger partial charge is 0.322 e. The summed E-state index contributed by atoms with van der Waals surface area (Å²) in [6.45, 7) is 2.91. The Balaban J connectivity index is 2.14. The van der Waals surface area contributed by atoms with Crippen molar-refractivity contribution in [3.63, 3.8) is 0 Å². The van der Waals surface area contributed by atoms with E-state index < -0.39 is 5.54 Å². The van der Waals surface area contributed by atoms with Gasteiger partial charge in [0.2, 0.25) is 5.91 Å². The summed E-state index contributed by atoms with van der Waals surface area (Å²) in [4.78, 5) is 16.2. The van der Waals surface area contributed by atoms with Crippen LogP contribution < -0.4 is 10.6 Å². The van der Waals surface area contributed by atoms with Crippen molar-refractivity contribution in [2.24, 2.45) is 0 Å². The number of anilines is 1. The smallest absolute Gasteiger partial charge is 0.244 e. The third-order valence-corrected chi connectivity index (χ3v) is 3.59. The van der Waals surface area contributed by atoms with Crippen molar-refractivity contribution in [1.29, 1.82) is 0 Å². The van der Waals surface area contributed by atoms with Gasteiger partial charge in [-0.25, -0.2) is 4.98 Å². The lowest BCUT2D eigenvalue weighted by Crippen LogP contribution is -2.50. The molecule has 17 heavy (non-hydrogen) atoms. The van der Waals surface area contributed by atoms with Crippen molar-refractivity contribution in [3.05, 3.63) is 23.5 Å². The lowest BCUT2D eigenvalue weighted by atomic mass is 9.93. The molecule has 92 valence electrons. The Labute approximate surface area is 106 Å². The Hall–Kier alpha value is -1.13. The minimum absolute atomic E-state index is 0.0209. The SMILES string of the molecule is CCC1(C(=O)Nc2cccnc2Cl)CCCN1. The van der Waals surface area contributed by atoms with Gasteiger partial charge >= 0.3 is 0 Å². The lowest BCUT2D eigenvalue weighted by molar-refractivity contribution is -0.122. The molecule has 4 nitrogen and oxygen atoms in total. The molecule has 1 amide bonds. The van der Waals surface area contributed by atoms with Crippen LogP contribution in [0.3, 0.4) is 0 Å². The van der Waals surface area contributed by atoms with E-state index in [4.69, 9.17) is 11.6 Å². The van der Waals surface area contributed by atoms with E-state index in [0.717, 1.165) is 25.8 Å². The number of carbonyl (C=O) groups is 1. The molecule has 1 aromatic rings. The highest BCUT2D eigenvalue weighted by atomic mass is 35.5. The number of rotatable bonds is 3. The molecule has 1 aliphatic rings. The molecular weight excluding hydrogens is 238 g/mol. The van der Waals surface area contributed by atoms with E-state index >= 15 is 0 Å². The van der Waals surface area contributed by atoms with Gasteiger partial charge in [0, 0.05) is 6.20 Å². The van der Waals surface area contributed by atoms with Crippen LogP contribution in [0.2, 0.25) is 5.15 Å². The quantitative estimate of drug-likeness (QED) is 0.812. The van der Waals surface area contributed by atoms with E-state index in [1.54, 1.807) is 18.3 Å². The van der Waals surface area contributed by atoms with Crippen LogP contribution in [-0.4, -0.2) is 23.0 Å². The zero-order valence-electron chi connectivity index (χ0n) is 9.79. The summed E-state index contributed by atoms with van der Waals surface area (Å²) in [5, 5.41) is 6.46. The van der Waals surface area contributed by atoms with Gasteiger partial charge < -0.3 is 10.6 Å². The predicted octanol–water partition coefficient (Wildman–Crippen LogP) is 2.21. The summed E-state index contributed by atoms with van der Waals surface area (Å²) in [6.07, 6.45) is 4.27. The molecule has 1 saturated heterocycles. The van der Waals surface area contributed by atoms with E-state index in [2.05, 4.69) is 15.6 Å². The van der Waals surface area contributed by atoms with E-state index in [0.29, 0.717) is 10.8 Å². The Bertz CT molecular complexity index is 416. The maximum Gasteiger partial charge on any atom is 0.244 e. The Morgan fingerprint density at radius 1 is 1.71 bits per heavy atom. The number of carbonyl (C=O) groups excluding carboxylic acids is 1. The molecule has 5 heteroatoms. The first-order chi connectivity index (χ1) is 8.18. The van der Waals surface area contributed by atoms with Crippen molar-refractivity contribution < 1.29 is 4.79 Å². The average Bonchev–Trinajstić information content (AvgIpc) is 2.82. The molecule has 1 atom stereocenters. The normalized spacial score (nSPS) is 23.6. The summed E-state index contributed by atoms with van der Waals surface area (Å²) in [6, 6.07) is 3.51. The number of nitrogens with one attached hydrogen (secondary N) is 2. The van der Waals surface area contributed by atoms with Gasteiger partial charge in [-0.15, -0.1) is 0 Å². The topological polar surface area (TPSA) is 54.0 Å². The van der Waals surface area contributed by atoms with Crippen LogP contribution in [0.1, 0.15) is 26.2 Å². The number of halogens is 1. The minimum atomic E-state index is -0.445. The maximum atomic E-state index is 12.3. The zero-order valence-corrected chi connectivity index (χ0v) is 10.5. The third-order valence-electron chi connectivity index (χ3n) is 3.29. The maximum absolute atomic E-state index is 12.3. The molecule has 2 N–H and O–H groups in total. The molecule has 0 spiro atoms. The number of hydrogen-bond acceptors (Lipinski definition) is 3. The van der Waals surface area contributed by atoms with Gasteiger partial charge in [0.25, 0.3) is 0 Å². The van der Waals surface area contributed by atoms with Crippen LogP contribution in [0.25, 0.3) is 0 Å². The van der Waals surface area contributed by atoms with E-state index in [-0.39, 0.29) is 5.91 Å². The number of nitrogens with zero attached hydrogens (tertiary/aromatic N) is 1. The van der Waals surface area contributed by atoms with Gasteiger partial charge in [0.1, 0.15) is 0 Å². The van der Waals surface area contributed by atoms with Crippen molar-refractivity contribution >= 4 is 23.2 Å². The first-order valence-electron chi connectivity index (χ1n) is 5.85. The number of aromatic nitrogens is 1. The van der Waals surface area contributed by atoms with Crippen molar-refractivity contribution in [1.82, 2.24) is 10.3 Å². The molecule has 0 bridgehead atoms. The minimum Gasteiger partial charge on any atom is -0.322 e. The summed E-state index contributed by atoms with van der Waals surface area (Å²) in [5.74, 6) is -0.0209. The predicted molar refractivity (Wildman–Crippen MR) is 68.1 cm³/mol. The van der Waals surface area contributed by atoms with Crippen LogP contribution in [-0.2, 0) is 4.79 Å². The molecule has 1 unspecified atom stereocenters. The molecule has 2 heterocycles. The average molecular weight is 254 g/mol. The van der Waals surface area contributed by atoms with Crippen LogP contribution in [0, 0.1) is 0 Å². The first-order valence-corrected chi connectivity index (χ1v) is 6.23. The number of hydrogen-bond donors (Lipinski definition) is 2. The molecular formula is C12H16ClN3O. The zero-order chi connectivity index (χ0) is 12.3. The monoisotopic (exact) mass is 253 g/mol. The summed E-state index contributed by atoms with van der Waals surface area (Å²) in [5.41, 5.74) is 0.125. The van der Waals surface area contributed by atoms with Crippen LogP contribution in [0.4, 0.5) is 5.69 Å². The van der Waals surface area contributed by atoms with Crippen LogP contribution in [0.5, 0.6) is 0 Å². The highest BCUT2D eigenvalue weighted by Gasteiger charge is 2.39. The molecule has 0 aromatic carbocycles. The van der Waals surface area contributed by atoms with Crippen molar-refractivity contribution in [2.75, 3.05) is 11.9 Å². The van der Waals surface area contributed by atoms with Gasteiger partial charge in [0.15, 0.2) is 5.15 Å². The Morgan fingerprint density at radius 3 is 3.12 bits per heavy atom. The molecule has 2 rings (SSSR count). The summed E-state index contributed by atoms with van der Waals surface area (Å²) >= 11 is 5.92. The third kappa shape index (κ3) is 2.42. The highest BCUT2D eigenvalue weighted by Crippen LogP contribution is 2.26. The fraction of sp³-hybridized carbons (Fsp3) is 0.500. The van der Waals surface area contributed by atoms with Crippen molar-refractivity contribution in [3.8, 4) is 0 Å². The van der Waals surface area contributed by atoms with E-state index in [1.807, 2.05) is 6.92 Å². The molecule has 0 aliphatic carbocycles. The molecule has 0 saturated carbocycles. The number of amides is 1. The molecule has 1 aliphatic heterocycles. The standard InChI is InChI=1S/C12H16ClN3O/c1-2-12(6-4-8-15-12)11(17)16-9-5-3-7-14-10(9)13/h3,5,7,15H,2,4,6,8H2,1H3,(H,16,17). The van der Waals surface area contributed by atoms with Gasteiger partial charge in [-0.2, -0.15) is 0 Å². The van der Waals surface area contributed by atoms with E-state index in [1.165, 1.54) is 0 Å². The second-order valence-electron chi connectivity index (χ2n) is 4.26. The summed E-state index contributed by atoms with van der Waals surface area (Å²) < 4.78 is 0. The second-order valence-corrected chi connectivity index (χ2v) is 4.62.